The maximum Gasteiger partial charge on any atom is 0.262 e. The standard InChI is InChI=1S/C15H15NO3/c1-11-2-8-14(9-3-11)19-10-15(18)16-12-4-6-13(17)7-5-12/h2-9,17H,10H2,1H3,(H,16,18). The zero-order chi connectivity index (χ0) is 13.7. The minimum atomic E-state index is -0.244. The Morgan fingerprint density at radius 2 is 1.74 bits per heavy atom. The molecule has 2 rings (SSSR count). The Labute approximate surface area is 111 Å². The summed E-state index contributed by atoms with van der Waals surface area (Å²) >= 11 is 0. The molecule has 0 saturated heterocycles. The molecule has 4 nitrogen and oxygen atoms in total. The highest BCUT2D eigenvalue weighted by Crippen LogP contribution is 2.14. The van der Waals surface area contributed by atoms with Crippen LogP contribution in [0.5, 0.6) is 11.5 Å². The first kappa shape index (κ1) is 13.0. The van der Waals surface area contributed by atoms with E-state index in [2.05, 4.69) is 5.32 Å². The van der Waals surface area contributed by atoms with Crippen LogP contribution in [0.4, 0.5) is 5.69 Å². The summed E-state index contributed by atoms with van der Waals surface area (Å²) in [5.41, 5.74) is 1.76. The third-order valence-corrected chi connectivity index (χ3v) is 2.54. The van der Waals surface area contributed by atoms with Gasteiger partial charge in [0.1, 0.15) is 11.5 Å². The molecule has 0 aliphatic heterocycles. The number of rotatable bonds is 4. The Morgan fingerprint density at radius 3 is 2.37 bits per heavy atom. The Balaban J connectivity index is 1.84. The summed E-state index contributed by atoms with van der Waals surface area (Å²) in [7, 11) is 0. The number of anilines is 1. The molecule has 0 unspecified atom stereocenters. The van der Waals surface area contributed by atoms with Crippen LogP contribution in [0.25, 0.3) is 0 Å². The maximum atomic E-state index is 11.6. The number of amides is 1. The van der Waals surface area contributed by atoms with E-state index in [0.717, 1.165) is 5.56 Å². The molecule has 0 fully saturated rings. The second kappa shape index (κ2) is 5.91. The van der Waals surface area contributed by atoms with Crippen LogP contribution in [0, 0.1) is 6.92 Å². The van der Waals surface area contributed by atoms with Crippen LogP contribution in [0.15, 0.2) is 48.5 Å². The van der Waals surface area contributed by atoms with Crippen LogP contribution in [-0.4, -0.2) is 17.6 Å². The number of nitrogens with one attached hydrogen (secondary N) is 1. The molecule has 0 saturated carbocycles. The minimum Gasteiger partial charge on any atom is -0.508 e. The molecule has 0 aromatic heterocycles. The first-order valence-electron chi connectivity index (χ1n) is 5.92. The van der Waals surface area contributed by atoms with E-state index in [-0.39, 0.29) is 18.3 Å². The van der Waals surface area contributed by atoms with Crippen LogP contribution in [0.3, 0.4) is 0 Å². The van der Waals surface area contributed by atoms with Crippen molar-refractivity contribution in [2.75, 3.05) is 11.9 Å². The molecule has 2 aromatic carbocycles. The molecule has 0 aliphatic rings. The zero-order valence-electron chi connectivity index (χ0n) is 10.6. The van der Waals surface area contributed by atoms with Gasteiger partial charge in [0.2, 0.25) is 0 Å². The summed E-state index contributed by atoms with van der Waals surface area (Å²) in [5.74, 6) is 0.576. The summed E-state index contributed by atoms with van der Waals surface area (Å²) < 4.78 is 5.36. The van der Waals surface area contributed by atoms with Gasteiger partial charge >= 0.3 is 0 Å². The normalized spacial score (nSPS) is 9.95. The van der Waals surface area contributed by atoms with Gasteiger partial charge in [-0.2, -0.15) is 0 Å². The molecule has 0 heterocycles. The first-order chi connectivity index (χ1) is 9.13. The molecule has 19 heavy (non-hydrogen) atoms. The molecular weight excluding hydrogens is 242 g/mol. The number of carbonyl (C=O) groups excluding carboxylic acids is 1. The number of phenols is 1. The molecule has 2 aromatic rings. The van der Waals surface area contributed by atoms with E-state index in [1.54, 1.807) is 12.1 Å². The predicted molar refractivity (Wildman–Crippen MR) is 73.4 cm³/mol. The second-order valence-electron chi connectivity index (χ2n) is 4.20. The van der Waals surface area contributed by atoms with Crippen molar-refractivity contribution in [3.05, 3.63) is 54.1 Å². The minimum absolute atomic E-state index is 0.0516. The van der Waals surface area contributed by atoms with Crippen molar-refractivity contribution in [2.45, 2.75) is 6.92 Å². The van der Waals surface area contributed by atoms with E-state index in [4.69, 9.17) is 9.84 Å². The summed E-state index contributed by atoms with van der Waals surface area (Å²) in [6, 6.07) is 13.8. The number of carbonyl (C=O) groups is 1. The highest BCUT2D eigenvalue weighted by molar-refractivity contribution is 5.91. The largest absolute Gasteiger partial charge is 0.508 e. The summed E-state index contributed by atoms with van der Waals surface area (Å²) in [6.07, 6.45) is 0. The average Bonchev–Trinajstić information content (AvgIpc) is 2.41. The van der Waals surface area contributed by atoms with Gasteiger partial charge in [-0.15, -0.1) is 0 Å². The van der Waals surface area contributed by atoms with E-state index in [9.17, 15) is 4.79 Å². The Hall–Kier alpha value is -2.49. The fourth-order valence-electron chi connectivity index (χ4n) is 1.53. The number of aromatic hydroxyl groups is 1. The Kier molecular flexibility index (Phi) is 4.03. The lowest BCUT2D eigenvalue weighted by atomic mass is 10.2. The first-order valence-corrected chi connectivity index (χ1v) is 5.92. The van der Waals surface area contributed by atoms with Crippen molar-refractivity contribution in [1.29, 1.82) is 0 Å². The number of aryl methyl sites for hydroxylation is 1. The topological polar surface area (TPSA) is 58.6 Å². The van der Waals surface area contributed by atoms with Crippen molar-refractivity contribution in [2.24, 2.45) is 0 Å². The quantitative estimate of drug-likeness (QED) is 0.828. The highest BCUT2D eigenvalue weighted by Gasteiger charge is 2.03. The number of phenolic OH excluding ortho intramolecular Hbond substituents is 1. The van der Waals surface area contributed by atoms with Crippen molar-refractivity contribution in [1.82, 2.24) is 0 Å². The third kappa shape index (κ3) is 4.03. The summed E-state index contributed by atoms with van der Waals surface area (Å²) in [5, 5.41) is 11.8. The van der Waals surface area contributed by atoms with E-state index < -0.39 is 0 Å². The van der Waals surface area contributed by atoms with Crippen LogP contribution in [0.1, 0.15) is 5.56 Å². The van der Waals surface area contributed by atoms with Crippen molar-refractivity contribution >= 4 is 11.6 Å². The van der Waals surface area contributed by atoms with Gasteiger partial charge in [-0.3, -0.25) is 4.79 Å². The van der Waals surface area contributed by atoms with E-state index in [0.29, 0.717) is 11.4 Å². The van der Waals surface area contributed by atoms with E-state index >= 15 is 0 Å². The number of hydrogen-bond acceptors (Lipinski definition) is 3. The lowest BCUT2D eigenvalue weighted by Gasteiger charge is -2.07. The fourth-order valence-corrected chi connectivity index (χ4v) is 1.53. The van der Waals surface area contributed by atoms with Crippen LogP contribution >= 0.6 is 0 Å². The predicted octanol–water partition coefficient (Wildman–Crippen LogP) is 2.72. The fraction of sp³-hybridized carbons (Fsp3) is 0.133. The molecule has 0 atom stereocenters. The van der Waals surface area contributed by atoms with Crippen LogP contribution < -0.4 is 10.1 Å². The molecule has 1 amide bonds. The lowest BCUT2D eigenvalue weighted by molar-refractivity contribution is -0.118. The number of ether oxygens (including phenoxy) is 1. The van der Waals surface area contributed by atoms with Crippen LogP contribution in [0.2, 0.25) is 0 Å². The summed E-state index contributed by atoms with van der Waals surface area (Å²) in [6.45, 7) is 1.94. The smallest absolute Gasteiger partial charge is 0.262 e. The van der Waals surface area contributed by atoms with Gasteiger partial charge in [-0.05, 0) is 43.3 Å². The van der Waals surface area contributed by atoms with Crippen molar-refractivity contribution in [3.63, 3.8) is 0 Å². The average molecular weight is 257 g/mol. The van der Waals surface area contributed by atoms with Gasteiger partial charge in [0, 0.05) is 5.69 Å². The van der Waals surface area contributed by atoms with Gasteiger partial charge in [0.05, 0.1) is 0 Å². The van der Waals surface area contributed by atoms with Gasteiger partial charge in [-0.25, -0.2) is 0 Å². The second-order valence-corrected chi connectivity index (χ2v) is 4.20. The molecule has 98 valence electrons. The molecule has 2 N–H and O–H groups in total. The molecule has 0 bridgehead atoms. The SMILES string of the molecule is Cc1ccc(OCC(=O)Nc2ccc(O)cc2)cc1. The third-order valence-electron chi connectivity index (χ3n) is 2.54. The monoisotopic (exact) mass is 257 g/mol. The summed E-state index contributed by atoms with van der Waals surface area (Å²) in [4.78, 5) is 11.6. The highest BCUT2D eigenvalue weighted by atomic mass is 16.5. The molecular formula is C15H15NO3. The zero-order valence-corrected chi connectivity index (χ0v) is 10.6. The number of benzene rings is 2. The van der Waals surface area contributed by atoms with Crippen LogP contribution in [-0.2, 0) is 4.79 Å². The van der Waals surface area contributed by atoms with Gasteiger partial charge in [0.15, 0.2) is 6.61 Å². The van der Waals surface area contributed by atoms with Crippen molar-refractivity contribution in [3.8, 4) is 11.5 Å². The lowest BCUT2D eigenvalue weighted by Crippen LogP contribution is -2.20. The van der Waals surface area contributed by atoms with Crippen molar-refractivity contribution < 1.29 is 14.6 Å². The molecule has 0 spiro atoms. The van der Waals surface area contributed by atoms with E-state index in [1.165, 1.54) is 12.1 Å². The Morgan fingerprint density at radius 1 is 1.11 bits per heavy atom. The van der Waals surface area contributed by atoms with Gasteiger partial charge in [0.25, 0.3) is 5.91 Å². The molecule has 4 heteroatoms. The van der Waals surface area contributed by atoms with E-state index in [1.807, 2.05) is 31.2 Å². The van der Waals surface area contributed by atoms with Gasteiger partial charge < -0.3 is 15.2 Å². The molecule has 0 radical (unpaired) electrons. The molecule has 0 aliphatic carbocycles. The Bertz CT molecular complexity index is 547. The van der Waals surface area contributed by atoms with Gasteiger partial charge in [-0.1, -0.05) is 17.7 Å². The number of hydrogen-bond donors (Lipinski definition) is 2. The maximum absolute atomic E-state index is 11.6.